The third kappa shape index (κ3) is 4.21. The molecule has 2 N–H and O–H groups in total. The topological polar surface area (TPSA) is 53.1 Å². The summed E-state index contributed by atoms with van der Waals surface area (Å²) in [6.45, 7) is -1.01. The summed E-state index contributed by atoms with van der Waals surface area (Å²) < 4.78 is 82.3. The van der Waals surface area contributed by atoms with Gasteiger partial charge in [0.1, 0.15) is 5.82 Å². The van der Waals surface area contributed by atoms with Crippen LogP contribution in [0.3, 0.4) is 0 Å². The van der Waals surface area contributed by atoms with E-state index >= 15 is 0 Å². The molecule has 0 saturated carbocycles. The van der Waals surface area contributed by atoms with Gasteiger partial charge in [0.2, 0.25) is 0 Å². The van der Waals surface area contributed by atoms with Crippen LogP contribution in [0, 0.1) is 0 Å². The van der Waals surface area contributed by atoms with Crippen LogP contribution in [-0.2, 0) is 11.3 Å². The van der Waals surface area contributed by atoms with E-state index in [0.29, 0.717) is 16.9 Å². The van der Waals surface area contributed by atoms with Gasteiger partial charge in [0.05, 0.1) is 18.0 Å². The highest BCUT2D eigenvalue weighted by Gasteiger charge is 2.64. The highest BCUT2D eigenvalue weighted by molar-refractivity contribution is 5.66. The second-order valence-electron chi connectivity index (χ2n) is 6.13. The monoisotopic (exact) mass is 415 g/mol. The van der Waals surface area contributed by atoms with Crippen molar-refractivity contribution < 1.29 is 31.1 Å². The molecule has 10 heteroatoms. The van der Waals surface area contributed by atoms with Crippen LogP contribution in [0.25, 0.3) is 16.9 Å². The number of nitrogens with two attached hydrogens (primary N) is 1. The number of nitrogens with zero attached hydrogens (tertiary/aromatic N) is 2. The van der Waals surface area contributed by atoms with E-state index in [9.17, 15) is 26.3 Å². The first-order valence-corrected chi connectivity index (χ1v) is 8.30. The summed E-state index contributed by atoms with van der Waals surface area (Å²) in [5, 5.41) is 4.18. The molecular formula is C19H15F6N3O. The smallest absolute Gasteiger partial charge is 0.382 e. The number of aromatic nitrogens is 2. The van der Waals surface area contributed by atoms with Gasteiger partial charge in [0.25, 0.3) is 0 Å². The molecule has 1 aromatic heterocycles. The molecule has 0 aliphatic rings. The lowest BCUT2D eigenvalue weighted by Crippen LogP contribution is -2.49. The van der Waals surface area contributed by atoms with E-state index in [0.717, 1.165) is 0 Å². The number of hydrogen-bond acceptors (Lipinski definition) is 3. The molecule has 4 nitrogen and oxygen atoms in total. The van der Waals surface area contributed by atoms with E-state index in [-0.39, 0.29) is 11.4 Å². The van der Waals surface area contributed by atoms with Crippen LogP contribution in [0.4, 0.5) is 32.2 Å². The van der Waals surface area contributed by atoms with Crippen LogP contribution in [0.1, 0.15) is 5.56 Å². The highest BCUT2D eigenvalue weighted by Crippen LogP contribution is 2.40. The summed E-state index contributed by atoms with van der Waals surface area (Å²) in [5.41, 5.74) is 7.50. The van der Waals surface area contributed by atoms with Crippen LogP contribution in [0.15, 0.2) is 60.7 Å². The molecule has 0 amide bonds. The van der Waals surface area contributed by atoms with E-state index in [1.54, 1.807) is 42.5 Å². The average Bonchev–Trinajstić information content (AvgIpc) is 3.08. The zero-order valence-electron chi connectivity index (χ0n) is 14.7. The van der Waals surface area contributed by atoms with Gasteiger partial charge in [0.15, 0.2) is 0 Å². The molecule has 154 valence electrons. The van der Waals surface area contributed by atoms with Crippen LogP contribution in [0.5, 0.6) is 0 Å². The van der Waals surface area contributed by atoms with Crippen molar-refractivity contribution in [3.8, 4) is 16.9 Å². The molecule has 3 rings (SSSR count). The molecule has 0 bridgehead atoms. The van der Waals surface area contributed by atoms with Crippen LogP contribution >= 0.6 is 0 Å². The maximum absolute atomic E-state index is 13.7. The molecule has 0 fully saturated rings. The summed E-state index contributed by atoms with van der Waals surface area (Å²) in [4.78, 5) is 0. The fraction of sp³-hybridized carbons (Fsp3) is 0.211. The van der Waals surface area contributed by atoms with Gasteiger partial charge in [0, 0.05) is 11.6 Å². The van der Waals surface area contributed by atoms with E-state index < -0.39 is 25.1 Å². The van der Waals surface area contributed by atoms with Crippen molar-refractivity contribution in [3.05, 3.63) is 66.2 Å². The van der Waals surface area contributed by atoms with Crippen molar-refractivity contribution in [2.45, 2.75) is 25.1 Å². The Morgan fingerprint density at radius 3 is 2.28 bits per heavy atom. The number of nitrogen functional groups attached to an aromatic ring is 1. The quantitative estimate of drug-likeness (QED) is 0.568. The maximum atomic E-state index is 13.7. The van der Waals surface area contributed by atoms with Gasteiger partial charge in [-0.15, -0.1) is 0 Å². The van der Waals surface area contributed by atoms with Crippen molar-refractivity contribution in [3.63, 3.8) is 0 Å². The number of halogens is 6. The number of alkyl halides is 6. The predicted octanol–water partition coefficient (Wildman–Crippen LogP) is 5.13. The van der Waals surface area contributed by atoms with Gasteiger partial charge in [-0.25, -0.2) is 13.5 Å². The Hall–Kier alpha value is -3.01. The molecule has 29 heavy (non-hydrogen) atoms. The Morgan fingerprint density at radius 2 is 1.66 bits per heavy atom. The lowest BCUT2D eigenvalue weighted by molar-refractivity contribution is -0.372. The standard InChI is InChI=1S/C19H15F6N3O/c20-17(21)18(22,19(23,24)25)29-11-12-5-4-6-13(9-12)15-10-16(26)27-28(15)14-7-2-1-3-8-14/h1-10,17H,11H2,(H2,26,27). The zero-order chi connectivity index (χ0) is 21.2. The van der Waals surface area contributed by atoms with Crippen molar-refractivity contribution >= 4 is 5.82 Å². The Labute approximate surface area is 161 Å². The second-order valence-corrected chi connectivity index (χ2v) is 6.13. The van der Waals surface area contributed by atoms with Gasteiger partial charge in [-0.2, -0.15) is 22.7 Å². The van der Waals surface area contributed by atoms with Gasteiger partial charge in [-0.3, -0.25) is 0 Å². The Morgan fingerprint density at radius 1 is 0.966 bits per heavy atom. The zero-order valence-corrected chi connectivity index (χ0v) is 14.7. The first kappa shape index (κ1) is 20.7. The van der Waals surface area contributed by atoms with Gasteiger partial charge < -0.3 is 10.5 Å². The molecule has 0 radical (unpaired) electrons. The predicted molar refractivity (Wildman–Crippen MR) is 94.1 cm³/mol. The van der Waals surface area contributed by atoms with Crippen LogP contribution in [-0.4, -0.2) is 28.2 Å². The maximum Gasteiger partial charge on any atom is 0.454 e. The summed E-state index contributed by atoms with van der Waals surface area (Å²) >= 11 is 0. The van der Waals surface area contributed by atoms with E-state index in [1.807, 2.05) is 0 Å². The second kappa shape index (κ2) is 7.78. The average molecular weight is 415 g/mol. The largest absolute Gasteiger partial charge is 0.454 e. The fourth-order valence-electron chi connectivity index (χ4n) is 2.65. The number of rotatable bonds is 6. The molecule has 2 aromatic carbocycles. The molecule has 1 atom stereocenters. The Balaban J connectivity index is 1.90. The van der Waals surface area contributed by atoms with Gasteiger partial charge >= 0.3 is 18.5 Å². The van der Waals surface area contributed by atoms with Crippen LogP contribution in [0.2, 0.25) is 0 Å². The SMILES string of the molecule is Nc1cc(-c2cccc(COC(F)(C(F)F)C(F)(F)F)c2)n(-c2ccccc2)n1. The first-order chi connectivity index (χ1) is 13.6. The minimum absolute atomic E-state index is 0.0637. The minimum Gasteiger partial charge on any atom is -0.382 e. The fourth-order valence-corrected chi connectivity index (χ4v) is 2.65. The molecule has 1 heterocycles. The summed E-state index contributed by atoms with van der Waals surface area (Å²) in [6.07, 6.45) is -10.3. The van der Waals surface area contributed by atoms with Gasteiger partial charge in [-0.05, 0) is 23.8 Å². The van der Waals surface area contributed by atoms with Crippen LogP contribution < -0.4 is 5.73 Å². The number of anilines is 1. The molecule has 3 aromatic rings. The Bertz CT molecular complexity index is 974. The van der Waals surface area contributed by atoms with Gasteiger partial charge in [-0.1, -0.05) is 36.4 Å². The van der Waals surface area contributed by atoms with Crippen molar-refractivity contribution in [1.82, 2.24) is 9.78 Å². The van der Waals surface area contributed by atoms with Crippen molar-refractivity contribution in [1.29, 1.82) is 0 Å². The molecule has 0 spiro atoms. The summed E-state index contributed by atoms with van der Waals surface area (Å²) in [7, 11) is 0. The molecule has 0 saturated heterocycles. The molecular weight excluding hydrogens is 400 g/mol. The third-order valence-corrected chi connectivity index (χ3v) is 4.07. The molecule has 0 aliphatic carbocycles. The summed E-state index contributed by atoms with van der Waals surface area (Å²) in [5.74, 6) is -4.86. The number of benzene rings is 2. The van der Waals surface area contributed by atoms with E-state index in [2.05, 4.69) is 9.84 Å². The third-order valence-electron chi connectivity index (χ3n) is 4.07. The van der Waals surface area contributed by atoms with E-state index in [1.165, 1.54) is 22.9 Å². The molecule has 1 unspecified atom stereocenters. The Kier molecular flexibility index (Phi) is 5.56. The number of para-hydroxylation sites is 1. The normalized spacial score (nSPS) is 14.2. The number of ether oxygens (including phenoxy) is 1. The molecule has 0 aliphatic heterocycles. The van der Waals surface area contributed by atoms with Crippen molar-refractivity contribution in [2.24, 2.45) is 0 Å². The highest BCUT2D eigenvalue weighted by atomic mass is 19.4. The van der Waals surface area contributed by atoms with Crippen molar-refractivity contribution in [2.75, 3.05) is 5.73 Å². The van der Waals surface area contributed by atoms with E-state index in [4.69, 9.17) is 5.73 Å². The lowest BCUT2D eigenvalue weighted by atomic mass is 10.1. The first-order valence-electron chi connectivity index (χ1n) is 8.30. The number of hydrogen-bond donors (Lipinski definition) is 1. The minimum atomic E-state index is -5.88. The lowest BCUT2D eigenvalue weighted by Gasteiger charge is -2.26. The summed E-state index contributed by atoms with van der Waals surface area (Å²) in [6, 6.07) is 16.3.